The van der Waals surface area contributed by atoms with Gasteiger partial charge in [0.15, 0.2) is 0 Å². The molecule has 7 heteroatoms. The van der Waals surface area contributed by atoms with Gasteiger partial charge in [-0.25, -0.2) is 4.79 Å². The molecule has 1 aromatic carbocycles. The Morgan fingerprint density at radius 3 is 3.00 bits per heavy atom. The van der Waals surface area contributed by atoms with Gasteiger partial charge < -0.3 is 10.3 Å². The van der Waals surface area contributed by atoms with Gasteiger partial charge >= 0.3 is 5.69 Å². The molecule has 23 heavy (non-hydrogen) atoms. The van der Waals surface area contributed by atoms with Crippen molar-refractivity contribution < 1.29 is 4.79 Å². The summed E-state index contributed by atoms with van der Waals surface area (Å²) in [7, 11) is 0. The normalized spacial score (nSPS) is 12.9. The molecule has 0 saturated carbocycles. The van der Waals surface area contributed by atoms with E-state index in [0.717, 1.165) is 36.1 Å². The number of aromatic nitrogens is 2. The Labute approximate surface area is 142 Å². The molecular weight excluding hydrogens is 334 g/mol. The molecule has 3 rings (SSSR count). The summed E-state index contributed by atoms with van der Waals surface area (Å²) < 4.78 is 0. The minimum absolute atomic E-state index is 0.108. The predicted octanol–water partition coefficient (Wildman–Crippen LogP) is 2.32. The van der Waals surface area contributed by atoms with E-state index in [1.54, 1.807) is 6.07 Å². The van der Waals surface area contributed by atoms with Gasteiger partial charge in [-0.1, -0.05) is 41.6 Å². The van der Waals surface area contributed by atoms with E-state index in [4.69, 9.17) is 11.6 Å². The molecule has 1 aliphatic rings. The second-order valence-corrected chi connectivity index (χ2v) is 6.69. The first kappa shape index (κ1) is 16.1. The third-order valence-electron chi connectivity index (χ3n) is 3.71. The summed E-state index contributed by atoms with van der Waals surface area (Å²) >= 11 is 7.37. The highest BCUT2D eigenvalue weighted by atomic mass is 35.5. The monoisotopic (exact) mass is 349 g/mol. The van der Waals surface area contributed by atoms with Crippen LogP contribution in [0.1, 0.15) is 23.2 Å². The topological polar surface area (TPSA) is 74.8 Å². The van der Waals surface area contributed by atoms with Gasteiger partial charge in [0.2, 0.25) is 5.91 Å². The third-order valence-corrected chi connectivity index (χ3v) is 5.10. The summed E-state index contributed by atoms with van der Waals surface area (Å²) in [5.74, 6) is 0.122. The standard InChI is InChI=1S/C16H16ClN3O2S/c17-12-6-2-1-4-10(12)8-18-14(21)9-23-15-11-5-3-7-13(11)19-16(22)20-15/h1-2,4,6H,3,5,7-9H2,(H,18,21)(H,19,20,22). The number of nitrogens with one attached hydrogen (secondary N) is 2. The SMILES string of the molecule is O=C(CSc1nc(=O)[nH]c2c1CCC2)NCc1ccccc1Cl. The largest absolute Gasteiger partial charge is 0.351 e. The summed E-state index contributed by atoms with van der Waals surface area (Å²) in [6, 6.07) is 7.40. The number of halogens is 1. The van der Waals surface area contributed by atoms with Crippen molar-refractivity contribution in [3.63, 3.8) is 0 Å². The van der Waals surface area contributed by atoms with E-state index < -0.39 is 0 Å². The number of aryl methyl sites for hydroxylation is 1. The van der Waals surface area contributed by atoms with Crippen LogP contribution in [0, 0.1) is 0 Å². The molecule has 0 bridgehead atoms. The summed E-state index contributed by atoms with van der Waals surface area (Å²) in [5.41, 5.74) is 2.57. The molecule has 0 unspecified atom stereocenters. The van der Waals surface area contributed by atoms with Crippen molar-refractivity contribution in [1.82, 2.24) is 15.3 Å². The van der Waals surface area contributed by atoms with Gasteiger partial charge in [0, 0.05) is 22.8 Å². The average molecular weight is 350 g/mol. The van der Waals surface area contributed by atoms with E-state index in [0.29, 0.717) is 16.6 Å². The Bertz CT molecular complexity index is 791. The quantitative estimate of drug-likeness (QED) is 0.641. The molecule has 120 valence electrons. The van der Waals surface area contributed by atoms with Gasteiger partial charge in [0.1, 0.15) is 5.03 Å². The fourth-order valence-corrected chi connectivity index (χ4v) is 3.69. The summed E-state index contributed by atoms with van der Waals surface area (Å²) in [6.45, 7) is 0.389. The van der Waals surface area contributed by atoms with Crippen LogP contribution >= 0.6 is 23.4 Å². The van der Waals surface area contributed by atoms with Crippen LogP contribution in [-0.4, -0.2) is 21.6 Å². The maximum absolute atomic E-state index is 12.0. The molecule has 0 atom stereocenters. The molecule has 5 nitrogen and oxygen atoms in total. The Balaban J connectivity index is 1.58. The highest BCUT2D eigenvalue weighted by molar-refractivity contribution is 7.99. The number of benzene rings is 1. The smallest absolute Gasteiger partial charge is 0.346 e. The lowest BCUT2D eigenvalue weighted by molar-refractivity contribution is -0.118. The van der Waals surface area contributed by atoms with E-state index >= 15 is 0 Å². The van der Waals surface area contributed by atoms with Crippen molar-refractivity contribution >= 4 is 29.3 Å². The fraction of sp³-hybridized carbons (Fsp3) is 0.312. The number of amides is 1. The average Bonchev–Trinajstić information content (AvgIpc) is 3.00. The molecule has 1 aromatic heterocycles. The number of fused-ring (bicyclic) bond motifs is 1. The lowest BCUT2D eigenvalue weighted by Crippen LogP contribution is -2.25. The number of hydrogen-bond acceptors (Lipinski definition) is 4. The summed E-state index contributed by atoms with van der Waals surface area (Å²) in [4.78, 5) is 30.3. The van der Waals surface area contributed by atoms with Gasteiger partial charge in [-0.15, -0.1) is 0 Å². The molecule has 0 spiro atoms. The van der Waals surface area contributed by atoms with Gasteiger partial charge in [-0.05, 0) is 30.9 Å². The molecule has 2 aromatic rings. The molecule has 1 heterocycles. The van der Waals surface area contributed by atoms with Crippen LogP contribution in [0.5, 0.6) is 0 Å². The Morgan fingerprint density at radius 2 is 2.17 bits per heavy atom. The first-order valence-electron chi connectivity index (χ1n) is 7.38. The molecule has 0 fully saturated rings. The molecule has 0 saturated heterocycles. The summed E-state index contributed by atoms with van der Waals surface area (Å²) in [6.07, 6.45) is 2.80. The third kappa shape index (κ3) is 3.95. The Hall–Kier alpha value is -1.79. The Kier molecular flexibility index (Phi) is 5.03. The number of carbonyl (C=O) groups is 1. The molecule has 1 amide bonds. The number of H-pyrrole nitrogens is 1. The number of hydrogen-bond donors (Lipinski definition) is 2. The van der Waals surface area contributed by atoms with E-state index in [9.17, 15) is 9.59 Å². The van der Waals surface area contributed by atoms with Crippen LogP contribution in [0.2, 0.25) is 5.02 Å². The number of carbonyl (C=O) groups excluding carboxylic acids is 1. The number of nitrogens with zero attached hydrogens (tertiary/aromatic N) is 1. The van der Waals surface area contributed by atoms with Crippen LogP contribution in [0.3, 0.4) is 0 Å². The van der Waals surface area contributed by atoms with Gasteiger partial charge in [0.05, 0.1) is 5.75 Å². The number of thioether (sulfide) groups is 1. The van der Waals surface area contributed by atoms with Crippen molar-refractivity contribution in [2.75, 3.05) is 5.75 Å². The zero-order valence-electron chi connectivity index (χ0n) is 12.4. The van der Waals surface area contributed by atoms with Crippen molar-refractivity contribution in [3.05, 3.63) is 56.6 Å². The van der Waals surface area contributed by atoms with Crippen LogP contribution in [0.4, 0.5) is 0 Å². The molecular formula is C16H16ClN3O2S. The van der Waals surface area contributed by atoms with Crippen molar-refractivity contribution in [3.8, 4) is 0 Å². The van der Waals surface area contributed by atoms with Crippen LogP contribution in [0.25, 0.3) is 0 Å². The Morgan fingerprint density at radius 1 is 1.35 bits per heavy atom. The minimum atomic E-state index is -0.343. The van der Waals surface area contributed by atoms with Crippen LogP contribution in [0.15, 0.2) is 34.1 Å². The van der Waals surface area contributed by atoms with E-state index in [1.807, 2.05) is 18.2 Å². The van der Waals surface area contributed by atoms with Gasteiger partial charge in [-0.2, -0.15) is 4.98 Å². The van der Waals surface area contributed by atoms with Gasteiger partial charge in [-0.3, -0.25) is 4.79 Å². The zero-order valence-corrected chi connectivity index (χ0v) is 14.0. The highest BCUT2D eigenvalue weighted by Crippen LogP contribution is 2.27. The maximum Gasteiger partial charge on any atom is 0.346 e. The van der Waals surface area contributed by atoms with E-state index in [2.05, 4.69) is 15.3 Å². The minimum Gasteiger partial charge on any atom is -0.351 e. The van der Waals surface area contributed by atoms with Crippen molar-refractivity contribution in [2.45, 2.75) is 30.8 Å². The van der Waals surface area contributed by atoms with E-state index in [1.165, 1.54) is 11.8 Å². The second kappa shape index (κ2) is 7.19. The lowest BCUT2D eigenvalue weighted by Gasteiger charge is -2.08. The highest BCUT2D eigenvalue weighted by Gasteiger charge is 2.18. The zero-order chi connectivity index (χ0) is 16.2. The second-order valence-electron chi connectivity index (χ2n) is 5.31. The maximum atomic E-state index is 12.0. The summed E-state index contributed by atoms with van der Waals surface area (Å²) in [5, 5.41) is 4.14. The number of rotatable bonds is 5. The van der Waals surface area contributed by atoms with E-state index in [-0.39, 0.29) is 17.3 Å². The number of aromatic amines is 1. The lowest BCUT2D eigenvalue weighted by atomic mass is 10.2. The molecule has 1 aliphatic carbocycles. The van der Waals surface area contributed by atoms with Crippen LogP contribution in [-0.2, 0) is 24.2 Å². The first-order valence-corrected chi connectivity index (χ1v) is 8.75. The van der Waals surface area contributed by atoms with Gasteiger partial charge in [0.25, 0.3) is 0 Å². The molecule has 0 radical (unpaired) electrons. The predicted molar refractivity (Wildman–Crippen MR) is 90.9 cm³/mol. The fourth-order valence-electron chi connectivity index (χ4n) is 2.57. The van der Waals surface area contributed by atoms with Crippen molar-refractivity contribution in [1.29, 1.82) is 0 Å². The molecule has 0 aliphatic heterocycles. The van der Waals surface area contributed by atoms with Crippen LogP contribution < -0.4 is 11.0 Å². The first-order chi connectivity index (χ1) is 11.1. The van der Waals surface area contributed by atoms with Crippen molar-refractivity contribution in [2.24, 2.45) is 0 Å². The molecule has 2 N–H and O–H groups in total.